The van der Waals surface area contributed by atoms with Gasteiger partial charge in [0, 0.05) is 31.1 Å². The SMILES string of the molecule is CCCNCc1sc(N(CCC)C(C)C)nc1COC. The van der Waals surface area contributed by atoms with Gasteiger partial charge in [0.15, 0.2) is 5.13 Å². The molecule has 0 atom stereocenters. The molecule has 0 fully saturated rings. The number of methoxy groups -OCH3 is 1. The number of nitrogens with one attached hydrogen (secondary N) is 1. The van der Waals surface area contributed by atoms with Crippen molar-refractivity contribution in [3.63, 3.8) is 0 Å². The molecule has 0 aliphatic heterocycles. The standard InChI is InChI=1S/C15H29N3OS/c1-6-8-16-10-14-13(11-19-5)17-15(20-14)18(9-7-2)12(3)4/h12,16H,6-11H2,1-5H3. The molecule has 0 aliphatic carbocycles. The summed E-state index contributed by atoms with van der Waals surface area (Å²) in [6.07, 6.45) is 2.29. The number of nitrogens with zero attached hydrogens (tertiary/aromatic N) is 2. The minimum atomic E-state index is 0.480. The van der Waals surface area contributed by atoms with E-state index >= 15 is 0 Å². The fourth-order valence-electron chi connectivity index (χ4n) is 2.07. The Morgan fingerprint density at radius 3 is 2.60 bits per heavy atom. The summed E-state index contributed by atoms with van der Waals surface area (Å²) in [7, 11) is 1.73. The van der Waals surface area contributed by atoms with Gasteiger partial charge in [0.05, 0.1) is 12.3 Å². The van der Waals surface area contributed by atoms with E-state index in [-0.39, 0.29) is 0 Å². The van der Waals surface area contributed by atoms with Crippen LogP contribution in [-0.4, -0.2) is 31.2 Å². The summed E-state index contributed by atoms with van der Waals surface area (Å²) >= 11 is 1.80. The Kier molecular flexibility index (Phi) is 8.11. The van der Waals surface area contributed by atoms with Crippen LogP contribution in [0, 0.1) is 0 Å². The minimum Gasteiger partial charge on any atom is -0.378 e. The van der Waals surface area contributed by atoms with Crippen LogP contribution in [0.25, 0.3) is 0 Å². The normalized spacial score (nSPS) is 11.3. The van der Waals surface area contributed by atoms with Gasteiger partial charge in [0.25, 0.3) is 0 Å². The Balaban J connectivity index is 2.87. The molecule has 20 heavy (non-hydrogen) atoms. The number of aromatic nitrogens is 1. The Hall–Kier alpha value is -0.650. The third kappa shape index (κ3) is 5.04. The summed E-state index contributed by atoms with van der Waals surface area (Å²) in [5.41, 5.74) is 1.08. The average Bonchev–Trinajstić information content (AvgIpc) is 2.79. The lowest BCUT2D eigenvalue weighted by Gasteiger charge is -2.25. The summed E-state index contributed by atoms with van der Waals surface area (Å²) in [6.45, 7) is 12.4. The second-order valence-electron chi connectivity index (χ2n) is 5.26. The number of hydrogen-bond acceptors (Lipinski definition) is 5. The molecule has 5 heteroatoms. The second-order valence-corrected chi connectivity index (χ2v) is 6.33. The Bertz CT molecular complexity index is 379. The van der Waals surface area contributed by atoms with Gasteiger partial charge in [-0.05, 0) is 33.2 Å². The maximum absolute atomic E-state index is 5.29. The van der Waals surface area contributed by atoms with Crippen molar-refractivity contribution < 1.29 is 4.74 Å². The maximum atomic E-state index is 5.29. The molecular weight excluding hydrogens is 270 g/mol. The molecule has 1 rings (SSSR count). The monoisotopic (exact) mass is 299 g/mol. The van der Waals surface area contributed by atoms with Crippen LogP contribution >= 0.6 is 11.3 Å². The highest BCUT2D eigenvalue weighted by molar-refractivity contribution is 7.15. The van der Waals surface area contributed by atoms with E-state index in [0.29, 0.717) is 12.6 Å². The molecule has 0 saturated carbocycles. The van der Waals surface area contributed by atoms with Gasteiger partial charge in [0.1, 0.15) is 0 Å². The molecule has 0 amide bonds. The Labute approximate surface area is 127 Å². The van der Waals surface area contributed by atoms with Gasteiger partial charge in [0.2, 0.25) is 0 Å². The summed E-state index contributed by atoms with van der Waals surface area (Å²) in [4.78, 5) is 8.48. The van der Waals surface area contributed by atoms with Crippen molar-refractivity contribution in [3.8, 4) is 0 Å². The maximum Gasteiger partial charge on any atom is 0.186 e. The number of anilines is 1. The van der Waals surface area contributed by atoms with E-state index in [2.05, 4.69) is 37.9 Å². The van der Waals surface area contributed by atoms with Crippen LogP contribution in [0.4, 0.5) is 5.13 Å². The van der Waals surface area contributed by atoms with Crippen LogP contribution < -0.4 is 10.2 Å². The highest BCUT2D eigenvalue weighted by atomic mass is 32.1. The summed E-state index contributed by atoms with van der Waals surface area (Å²) in [5, 5.41) is 4.59. The molecule has 0 bridgehead atoms. The number of thiazole rings is 1. The molecule has 0 aliphatic rings. The largest absolute Gasteiger partial charge is 0.378 e. The van der Waals surface area contributed by atoms with Crippen molar-refractivity contribution in [1.29, 1.82) is 0 Å². The van der Waals surface area contributed by atoms with Gasteiger partial charge >= 0.3 is 0 Å². The predicted octanol–water partition coefficient (Wildman–Crippen LogP) is 3.41. The van der Waals surface area contributed by atoms with Gasteiger partial charge in [-0.25, -0.2) is 4.98 Å². The molecule has 0 unspecified atom stereocenters. The zero-order valence-electron chi connectivity index (χ0n) is 13.5. The average molecular weight is 299 g/mol. The molecule has 0 spiro atoms. The number of hydrogen-bond donors (Lipinski definition) is 1. The molecule has 116 valence electrons. The molecule has 1 aromatic heterocycles. The number of rotatable bonds is 10. The first-order valence-corrected chi connectivity index (χ1v) is 8.40. The molecule has 1 heterocycles. The van der Waals surface area contributed by atoms with Crippen molar-refractivity contribution in [2.75, 3.05) is 25.1 Å². The molecule has 0 saturated heterocycles. The quantitative estimate of drug-likeness (QED) is 0.672. The zero-order valence-corrected chi connectivity index (χ0v) is 14.3. The molecule has 0 aromatic carbocycles. The van der Waals surface area contributed by atoms with E-state index in [9.17, 15) is 0 Å². The lowest BCUT2D eigenvalue weighted by atomic mass is 10.3. The van der Waals surface area contributed by atoms with Crippen molar-refractivity contribution in [1.82, 2.24) is 10.3 Å². The highest BCUT2D eigenvalue weighted by Gasteiger charge is 2.17. The lowest BCUT2D eigenvalue weighted by molar-refractivity contribution is 0.181. The van der Waals surface area contributed by atoms with Crippen molar-refractivity contribution >= 4 is 16.5 Å². The third-order valence-electron chi connectivity index (χ3n) is 3.09. The van der Waals surface area contributed by atoms with E-state index in [1.807, 2.05) is 0 Å². The van der Waals surface area contributed by atoms with Crippen LogP contribution in [0.2, 0.25) is 0 Å². The molecule has 1 N–H and O–H groups in total. The van der Waals surface area contributed by atoms with Crippen LogP contribution in [0.3, 0.4) is 0 Å². The van der Waals surface area contributed by atoms with Gasteiger partial charge in [-0.1, -0.05) is 13.8 Å². The van der Waals surface area contributed by atoms with E-state index in [0.717, 1.165) is 43.3 Å². The fraction of sp³-hybridized carbons (Fsp3) is 0.800. The topological polar surface area (TPSA) is 37.4 Å². The van der Waals surface area contributed by atoms with Crippen LogP contribution in [0.15, 0.2) is 0 Å². The first kappa shape index (κ1) is 17.4. The van der Waals surface area contributed by atoms with Crippen LogP contribution in [-0.2, 0) is 17.9 Å². The fourth-order valence-corrected chi connectivity index (χ4v) is 3.27. The third-order valence-corrected chi connectivity index (χ3v) is 4.23. The Morgan fingerprint density at radius 2 is 2.05 bits per heavy atom. The summed E-state index contributed by atoms with van der Waals surface area (Å²) in [5.74, 6) is 0. The van der Waals surface area contributed by atoms with Gasteiger partial charge in [-0.3, -0.25) is 0 Å². The highest BCUT2D eigenvalue weighted by Crippen LogP contribution is 2.28. The molecule has 1 aromatic rings. The van der Waals surface area contributed by atoms with E-state index in [4.69, 9.17) is 9.72 Å². The number of ether oxygens (including phenoxy) is 1. The first-order chi connectivity index (χ1) is 9.63. The van der Waals surface area contributed by atoms with Crippen molar-refractivity contribution in [3.05, 3.63) is 10.6 Å². The van der Waals surface area contributed by atoms with Crippen molar-refractivity contribution in [2.45, 2.75) is 59.7 Å². The predicted molar refractivity (Wildman–Crippen MR) is 87.6 cm³/mol. The molecule has 4 nitrogen and oxygen atoms in total. The summed E-state index contributed by atoms with van der Waals surface area (Å²) in [6, 6.07) is 0.480. The van der Waals surface area contributed by atoms with E-state index in [1.165, 1.54) is 4.88 Å². The minimum absolute atomic E-state index is 0.480. The van der Waals surface area contributed by atoms with E-state index < -0.39 is 0 Å². The first-order valence-electron chi connectivity index (χ1n) is 7.58. The van der Waals surface area contributed by atoms with Gasteiger partial charge in [-0.2, -0.15) is 0 Å². The van der Waals surface area contributed by atoms with Gasteiger partial charge in [-0.15, -0.1) is 11.3 Å². The molecular formula is C15H29N3OS. The van der Waals surface area contributed by atoms with Crippen LogP contribution in [0.5, 0.6) is 0 Å². The summed E-state index contributed by atoms with van der Waals surface area (Å²) < 4.78 is 5.29. The Morgan fingerprint density at radius 1 is 1.30 bits per heavy atom. The molecule has 0 radical (unpaired) electrons. The van der Waals surface area contributed by atoms with Crippen molar-refractivity contribution in [2.24, 2.45) is 0 Å². The van der Waals surface area contributed by atoms with Crippen LogP contribution in [0.1, 0.15) is 51.1 Å². The zero-order chi connectivity index (χ0) is 15.0. The second kappa shape index (κ2) is 9.32. The van der Waals surface area contributed by atoms with E-state index in [1.54, 1.807) is 18.4 Å². The lowest BCUT2D eigenvalue weighted by Crippen LogP contribution is -2.31. The smallest absolute Gasteiger partial charge is 0.186 e. The van der Waals surface area contributed by atoms with Gasteiger partial charge < -0.3 is 15.0 Å².